The minimum Gasteiger partial charge on any atom is -0.462 e. The normalized spacial score (nSPS) is 16.7. The number of nitrogens with two attached hydrogens (primary N) is 1. The lowest BCUT2D eigenvalue weighted by atomic mass is 10.1. The first-order chi connectivity index (χ1) is 27.0. The highest BCUT2D eigenvalue weighted by molar-refractivity contribution is 6.34. The summed E-state index contributed by atoms with van der Waals surface area (Å²) < 4.78 is 81.6. The molecule has 1 unspecified atom stereocenters. The Kier molecular flexibility index (Phi) is 12.5. The van der Waals surface area contributed by atoms with E-state index in [9.17, 15) is 45.5 Å². The van der Waals surface area contributed by atoms with Gasteiger partial charge in [-0.3, -0.25) is 14.4 Å². The van der Waals surface area contributed by atoms with E-state index in [0.29, 0.717) is 44.5 Å². The number of benzene rings is 1. The summed E-state index contributed by atoms with van der Waals surface area (Å²) in [7, 11) is 6.33. The number of esters is 1. The van der Waals surface area contributed by atoms with Crippen LogP contribution < -0.4 is 11.1 Å². The number of nitrogens with one attached hydrogen (secondary N) is 1. The van der Waals surface area contributed by atoms with Crippen LogP contribution in [0.5, 0.6) is 0 Å². The molecule has 0 spiro atoms. The highest BCUT2D eigenvalue weighted by Crippen LogP contribution is 2.37. The van der Waals surface area contributed by atoms with Gasteiger partial charge in [-0.05, 0) is 36.8 Å². The fourth-order valence-electron chi connectivity index (χ4n) is 6.55. The standard InChI is InChI=1S/C33H36ClF3N10O3.C3H3F3O2/c1-19-13-27(39-15-25(19)38)46-17-23(28(42-46)33(35,36)37)26-16-40-29(43(26)2)30(48)41-21-5-6-22(24(34)14-21)32(50)45-10-8-44(9-11-45)31(49)20-7-12-47(3,4)18-20;1-8-2(7)3(4,5)6/h5-6,13-17,20H,7-12,18,38H2,1-4H3;1H3/p+1. The molecule has 2 aliphatic rings. The van der Waals surface area contributed by atoms with Crippen LogP contribution in [0.1, 0.15) is 38.7 Å². The minimum atomic E-state index is -4.85. The Hall–Kier alpha value is -5.70. The van der Waals surface area contributed by atoms with E-state index in [4.69, 9.17) is 17.3 Å². The van der Waals surface area contributed by atoms with Gasteiger partial charge in [-0.2, -0.15) is 31.4 Å². The highest BCUT2D eigenvalue weighted by atomic mass is 35.5. The SMILES string of the molecule is COC(=O)C(F)(F)F.Cc1cc(-n2cc(-c3cnc(C(=O)Nc4ccc(C(=O)N5CCN(C(=O)C6CC[N+](C)(C)C6)CC5)c(Cl)c4)n3C)c(C(F)(F)F)n2)ncc1N. The number of nitrogens with zero attached hydrogens (tertiary/aromatic N) is 8. The fraction of sp³-hybridized carbons (Fsp3) is 0.417. The van der Waals surface area contributed by atoms with Gasteiger partial charge in [0.1, 0.15) is 0 Å². The molecule has 312 valence electrons. The van der Waals surface area contributed by atoms with E-state index in [-0.39, 0.29) is 56.9 Å². The molecule has 1 aromatic carbocycles. The third-order valence-electron chi connectivity index (χ3n) is 9.72. The van der Waals surface area contributed by atoms with Crippen molar-refractivity contribution >= 4 is 46.7 Å². The maximum atomic E-state index is 14.1. The topological polar surface area (TPSA) is 171 Å². The Labute approximate surface area is 332 Å². The highest BCUT2D eigenvalue weighted by Gasteiger charge is 2.41. The van der Waals surface area contributed by atoms with Crippen molar-refractivity contribution in [3.05, 3.63) is 70.5 Å². The van der Waals surface area contributed by atoms with Crippen molar-refractivity contribution in [2.24, 2.45) is 13.0 Å². The molecule has 22 heteroatoms. The number of piperazine rings is 1. The van der Waals surface area contributed by atoms with E-state index in [0.717, 1.165) is 34.9 Å². The van der Waals surface area contributed by atoms with Gasteiger partial charge < -0.3 is 34.6 Å². The molecule has 58 heavy (non-hydrogen) atoms. The van der Waals surface area contributed by atoms with E-state index >= 15 is 0 Å². The second-order valence-corrected chi connectivity index (χ2v) is 14.7. The zero-order chi connectivity index (χ0) is 42.9. The molecule has 0 radical (unpaired) electrons. The number of carbonyl (C=O) groups is 4. The molecular formula is C36H40ClF6N10O5+. The molecule has 0 saturated carbocycles. The number of hydrogen-bond donors (Lipinski definition) is 2. The molecule has 2 aliphatic heterocycles. The molecule has 1 atom stereocenters. The predicted molar refractivity (Wildman–Crippen MR) is 198 cm³/mol. The summed E-state index contributed by atoms with van der Waals surface area (Å²) >= 11 is 6.50. The Balaban J connectivity index is 0.000000725. The third-order valence-corrected chi connectivity index (χ3v) is 10.0. The van der Waals surface area contributed by atoms with E-state index < -0.39 is 29.9 Å². The fourth-order valence-corrected chi connectivity index (χ4v) is 6.81. The van der Waals surface area contributed by atoms with Crippen molar-refractivity contribution < 1.29 is 54.7 Å². The Bertz CT molecular complexity index is 2210. The van der Waals surface area contributed by atoms with E-state index in [1.54, 1.807) is 11.8 Å². The number of quaternary nitrogens is 1. The zero-order valence-electron chi connectivity index (χ0n) is 31.9. The molecule has 4 aromatic rings. The van der Waals surface area contributed by atoms with Crippen molar-refractivity contribution in [2.75, 3.05) is 71.5 Å². The first-order valence-electron chi connectivity index (χ1n) is 17.6. The molecular weight excluding hydrogens is 802 g/mol. The molecule has 5 heterocycles. The molecule has 15 nitrogen and oxygen atoms in total. The number of ether oxygens (including phenoxy) is 1. The van der Waals surface area contributed by atoms with Crippen LogP contribution in [0.4, 0.5) is 37.7 Å². The Morgan fingerprint density at radius 1 is 0.983 bits per heavy atom. The van der Waals surface area contributed by atoms with Gasteiger partial charge in [0.15, 0.2) is 17.3 Å². The number of nitrogen functional groups attached to an aromatic ring is 1. The summed E-state index contributed by atoms with van der Waals surface area (Å²) in [4.78, 5) is 60.8. The summed E-state index contributed by atoms with van der Waals surface area (Å²) in [6, 6.07) is 5.94. The number of likely N-dealkylation sites (tertiary alicyclic amines) is 1. The van der Waals surface area contributed by atoms with Crippen LogP contribution in [0.25, 0.3) is 17.1 Å². The van der Waals surface area contributed by atoms with Gasteiger partial charge in [0.2, 0.25) is 5.91 Å². The maximum Gasteiger partial charge on any atom is 0.490 e. The van der Waals surface area contributed by atoms with Crippen LogP contribution in [0.15, 0.2) is 42.9 Å². The maximum absolute atomic E-state index is 14.1. The monoisotopic (exact) mass is 841 g/mol. The van der Waals surface area contributed by atoms with Crippen molar-refractivity contribution in [1.82, 2.24) is 34.1 Å². The first-order valence-corrected chi connectivity index (χ1v) is 18.0. The first kappa shape index (κ1) is 43.4. The van der Waals surface area contributed by atoms with E-state index in [2.05, 4.69) is 39.2 Å². The molecule has 2 saturated heterocycles. The van der Waals surface area contributed by atoms with Crippen LogP contribution in [0.3, 0.4) is 0 Å². The number of methoxy groups -OCH3 is 1. The quantitative estimate of drug-likeness (QED) is 0.160. The van der Waals surface area contributed by atoms with Crippen LogP contribution >= 0.6 is 11.6 Å². The predicted octanol–water partition coefficient (Wildman–Crippen LogP) is 4.59. The number of aromatic nitrogens is 5. The van der Waals surface area contributed by atoms with Gasteiger partial charge in [-0.15, -0.1) is 0 Å². The molecule has 6 rings (SSSR count). The average Bonchev–Trinajstić information content (AvgIpc) is 3.88. The number of amides is 3. The lowest BCUT2D eigenvalue weighted by Gasteiger charge is -2.36. The van der Waals surface area contributed by atoms with Crippen LogP contribution in [-0.2, 0) is 27.5 Å². The van der Waals surface area contributed by atoms with Crippen molar-refractivity contribution in [2.45, 2.75) is 25.7 Å². The summed E-state index contributed by atoms with van der Waals surface area (Å²) in [5.74, 6) is -3.08. The Morgan fingerprint density at radius 2 is 1.64 bits per heavy atom. The number of halogens is 7. The Morgan fingerprint density at radius 3 is 2.17 bits per heavy atom. The molecule has 3 amide bonds. The number of anilines is 2. The van der Waals surface area contributed by atoms with Gasteiger partial charge >= 0.3 is 18.3 Å². The summed E-state index contributed by atoms with van der Waals surface area (Å²) in [6.45, 7) is 5.10. The van der Waals surface area contributed by atoms with E-state index in [1.807, 2.05) is 4.90 Å². The summed E-state index contributed by atoms with van der Waals surface area (Å²) in [5, 5.41) is 6.49. The van der Waals surface area contributed by atoms with E-state index in [1.165, 1.54) is 48.3 Å². The second-order valence-electron chi connectivity index (χ2n) is 14.3. The number of carbonyl (C=O) groups excluding carboxylic acids is 4. The number of aryl methyl sites for hydroxylation is 1. The number of alkyl halides is 6. The van der Waals surface area contributed by atoms with Crippen LogP contribution in [-0.4, -0.2) is 129 Å². The molecule has 3 N–H and O–H groups in total. The van der Waals surface area contributed by atoms with Crippen molar-refractivity contribution in [3.8, 4) is 17.1 Å². The number of hydrogen-bond acceptors (Lipinski definition) is 9. The molecule has 0 aliphatic carbocycles. The van der Waals surface area contributed by atoms with Gasteiger partial charge in [0.05, 0.1) is 80.1 Å². The average molecular weight is 842 g/mol. The number of pyridine rings is 1. The minimum absolute atomic E-state index is 0.000393. The van der Waals surface area contributed by atoms with Crippen LogP contribution in [0.2, 0.25) is 5.02 Å². The molecule has 3 aromatic heterocycles. The number of rotatable bonds is 6. The van der Waals surface area contributed by atoms with Crippen molar-refractivity contribution in [1.29, 1.82) is 0 Å². The summed E-state index contributed by atoms with van der Waals surface area (Å²) in [5.41, 5.74) is 5.80. The largest absolute Gasteiger partial charge is 0.490 e. The lowest BCUT2D eigenvalue weighted by molar-refractivity contribution is -0.878. The van der Waals surface area contributed by atoms with Gasteiger partial charge in [-0.25, -0.2) is 19.4 Å². The van der Waals surface area contributed by atoms with Gasteiger partial charge in [-0.1, -0.05) is 11.6 Å². The molecule has 0 bridgehead atoms. The zero-order valence-corrected chi connectivity index (χ0v) is 32.7. The lowest BCUT2D eigenvalue weighted by Crippen LogP contribution is -2.52. The smallest absolute Gasteiger partial charge is 0.462 e. The third kappa shape index (κ3) is 9.69. The van der Waals surface area contributed by atoms with Crippen LogP contribution in [0, 0.1) is 12.8 Å². The number of imidazole rings is 1. The van der Waals surface area contributed by atoms with Gasteiger partial charge in [0.25, 0.3) is 11.8 Å². The second kappa shape index (κ2) is 16.6. The van der Waals surface area contributed by atoms with Gasteiger partial charge in [0, 0.05) is 51.5 Å². The summed E-state index contributed by atoms with van der Waals surface area (Å²) in [6.07, 6.45) is -5.15. The van der Waals surface area contributed by atoms with Crippen molar-refractivity contribution in [3.63, 3.8) is 0 Å². The molecule has 2 fully saturated rings.